The number of benzene rings is 1. The minimum atomic E-state index is -3.06. The van der Waals surface area contributed by atoms with Gasteiger partial charge in [0, 0.05) is 11.8 Å². The highest BCUT2D eigenvalue weighted by Gasteiger charge is 2.48. The van der Waals surface area contributed by atoms with Crippen LogP contribution >= 0.6 is 11.8 Å². The zero-order valence-electron chi connectivity index (χ0n) is 14.3. The van der Waals surface area contributed by atoms with E-state index in [1.807, 2.05) is 29.2 Å². The van der Waals surface area contributed by atoms with Crippen molar-refractivity contribution in [3.05, 3.63) is 29.8 Å². The number of thioether (sulfide) groups is 1. The number of fused-ring (bicyclic) bond motifs is 1. The van der Waals surface area contributed by atoms with Crippen molar-refractivity contribution in [2.24, 2.45) is 4.99 Å². The van der Waals surface area contributed by atoms with E-state index in [-0.39, 0.29) is 29.2 Å². The van der Waals surface area contributed by atoms with Gasteiger partial charge in [0.1, 0.15) is 12.2 Å². The summed E-state index contributed by atoms with van der Waals surface area (Å²) in [6.07, 6.45) is 0.420. The lowest BCUT2D eigenvalue weighted by Gasteiger charge is -2.24. The molecule has 0 N–H and O–H groups in total. The van der Waals surface area contributed by atoms with Crippen LogP contribution in [0.4, 0.5) is 0 Å². The van der Waals surface area contributed by atoms with E-state index in [2.05, 4.69) is 4.99 Å². The van der Waals surface area contributed by atoms with E-state index in [4.69, 9.17) is 10.00 Å². The van der Waals surface area contributed by atoms with Crippen molar-refractivity contribution in [3.8, 4) is 11.8 Å². The summed E-state index contributed by atoms with van der Waals surface area (Å²) < 4.78 is 29.1. The highest BCUT2D eigenvalue weighted by atomic mass is 32.2. The molecule has 138 valence electrons. The first-order valence-corrected chi connectivity index (χ1v) is 10.9. The SMILES string of the molecule is COc1ccc(CCN2C(=NC(=O)CC#N)S[C@@H]3CS(=O)(=O)C[C@H]32)cc1. The number of methoxy groups -OCH3 is 1. The first-order valence-electron chi connectivity index (χ1n) is 8.17. The van der Waals surface area contributed by atoms with E-state index in [9.17, 15) is 13.2 Å². The van der Waals surface area contributed by atoms with E-state index in [0.717, 1.165) is 11.3 Å². The van der Waals surface area contributed by atoms with Gasteiger partial charge in [-0.2, -0.15) is 10.3 Å². The van der Waals surface area contributed by atoms with Crippen LogP contribution in [0, 0.1) is 11.3 Å². The maximum atomic E-state index is 12.0. The number of amidine groups is 1. The lowest BCUT2D eigenvalue weighted by Crippen LogP contribution is -2.39. The van der Waals surface area contributed by atoms with Crippen LogP contribution in [0.5, 0.6) is 5.75 Å². The number of aliphatic imine (C=N–C) groups is 1. The van der Waals surface area contributed by atoms with Crippen LogP contribution in [0.25, 0.3) is 0 Å². The van der Waals surface area contributed by atoms with Gasteiger partial charge in [-0.05, 0) is 24.1 Å². The molecule has 2 atom stereocenters. The molecule has 0 saturated carbocycles. The van der Waals surface area contributed by atoms with E-state index in [1.165, 1.54) is 11.8 Å². The van der Waals surface area contributed by atoms with Crippen LogP contribution in [-0.4, -0.2) is 60.8 Å². The third-order valence-electron chi connectivity index (χ3n) is 4.43. The zero-order valence-corrected chi connectivity index (χ0v) is 15.9. The van der Waals surface area contributed by atoms with E-state index < -0.39 is 15.7 Å². The van der Waals surface area contributed by atoms with E-state index in [0.29, 0.717) is 18.1 Å². The molecular formula is C17H19N3O4S2. The van der Waals surface area contributed by atoms with Gasteiger partial charge in [0.05, 0.1) is 30.7 Å². The van der Waals surface area contributed by atoms with Gasteiger partial charge in [-0.15, -0.1) is 0 Å². The minimum Gasteiger partial charge on any atom is -0.497 e. The molecule has 0 bridgehead atoms. The zero-order chi connectivity index (χ0) is 18.7. The van der Waals surface area contributed by atoms with Gasteiger partial charge in [0.25, 0.3) is 5.91 Å². The van der Waals surface area contributed by atoms with Crippen molar-refractivity contribution in [2.45, 2.75) is 24.1 Å². The molecule has 26 heavy (non-hydrogen) atoms. The average molecular weight is 393 g/mol. The predicted molar refractivity (Wildman–Crippen MR) is 99.9 cm³/mol. The Labute approximate surface area is 157 Å². The molecule has 0 spiro atoms. The molecule has 0 aromatic heterocycles. The molecule has 2 aliphatic heterocycles. The van der Waals surface area contributed by atoms with Gasteiger partial charge < -0.3 is 9.64 Å². The Kier molecular flexibility index (Phi) is 5.53. The largest absolute Gasteiger partial charge is 0.497 e. The summed E-state index contributed by atoms with van der Waals surface area (Å²) in [6.45, 7) is 0.564. The molecule has 2 saturated heterocycles. The second-order valence-electron chi connectivity index (χ2n) is 6.22. The molecule has 0 radical (unpaired) electrons. The van der Waals surface area contributed by atoms with Gasteiger partial charge in [0.2, 0.25) is 0 Å². The Hall–Kier alpha value is -2.05. The Morgan fingerprint density at radius 1 is 1.38 bits per heavy atom. The molecule has 2 fully saturated rings. The van der Waals surface area contributed by atoms with Crippen molar-refractivity contribution < 1.29 is 17.9 Å². The van der Waals surface area contributed by atoms with Gasteiger partial charge in [-0.25, -0.2) is 8.42 Å². The second kappa shape index (κ2) is 7.68. The lowest BCUT2D eigenvalue weighted by atomic mass is 10.1. The fourth-order valence-corrected chi connectivity index (χ4v) is 7.15. The smallest absolute Gasteiger partial charge is 0.262 e. The number of carbonyl (C=O) groups excluding carboxylic acids is 1. The van der Waals surface area contributed by atoms with Gasteiger partial charge >= 0.3 is 0 Å². The van der Waals surface area contributed by atoms with Crippen molar-refractivity contribution in [3.63, 3.8) is 0 Å². The number of rotatable bonds is 5. The number of nitrogens with zero attached hydrogens (tertiary/aromatic N) is 3. The molecule has 1 amide bonds. The number of hydrogen-bond acceptors (Lipinski definition) is 6. The Bertz CT molecular complexity index is 859. The summed E-state index contributed by atoms with van der Waals surface area (Å²) in [5, 5.41) is 9.08. The highest BCUT2D eigenvalue weighted by Crippen LogP contribution is 2.38. The molecule has 7 nitrogen and oxygen atoms in total. The first kappa shape index (κ1) is 18.7. The topological polar surface area (TPSA) is 99.8 Å². The van der Waals surface area contributed by atoms with E-state index in [1.54, 1.807) is 13.2 Å². The van der Waals surface area contributed by atoms with Gasteiger partial charge in [-0.1, -0.05) is 23.9 Å². The maximum absolute atomic E-state index is 12.0. The predicted octanol–water partition coefficient (Wildman–Crippen LogP) is 1.25. The molecule has 2 heterocycles. The monoisotopic (exact) mass is 393 g/mol. The van der Waals surface area contributed by atoms with Crippen molar-refractivity contribution in [1.82, 2.24) is 4.90 Å². The van der Waals surface area contributed by atoms with Crippen molar-refractivity contribution in [2.75, 3.05) is 25.2 Å². The van der Waals surface area contributed by atoms with Crippen LogP contribution in [0.15, 0.2) is 29.3 Å². The van der Waals surface area contributed by atoms with Gasteiger partial charge in [-0.3, -0.25) is 4.79 Å². The number of hydrogen-bond donors (Lipinski definition) is 0. The Morgan fingerprint density at radius 3 is 2.77 bits per heavy atom. The first-order chi connectivity index (χ1) is 12.4. The summed E-state index contributed by atoms with van der Waals surface area (Å²) in [6, 6.07) is 9.30. The summed E-state index contributed by atoms with van der Waals surface area (Å²) in [5.41, 5.74) is 1.09. The summed E-state index contributed by atoms with van der Waals surface area (Å²) in [4.78, 5) is 17.7. The third-order valence-corrected chi connectivity index (χ3v) is 7.67. The number of ether oxygens (including phenoxy) is 1. The van der Waals surface area contributed by atoms with Crippen LogP contribution in [-0.2, 0) is 21.1 Å². The molecule has 2 aliphatic rings. The van der Waals surface area contributed by atoms with Crippen molar-refractivity contribution >= 4 is 32.7 Å². The molecule has 1 aromatic rings. The number of amides is 1. The Morgan fingerprint density at radius 2 is 2.12 bits per heavy atom. The number of carbonyl (C=O) groups is 1. The standard InChI is InChI=1S/C17H19N3O4S2/c1-24-13-4-2-12(3-5-13)7-9-20-14-10-26(22,23)11-15(14)25-17(20)19-16(21)6-8-18/h2-5,14-15H,6-7,9-11H2,1H3/t14-,15-/m1/s1. The van der Waals surface area contributed by atoms with E-state index >= 15 is 0 Å². The number of nitriles is 1. The Balaban J connectivity index is 1.76. The molecule has 1 aromatic carbocycles. The molecule has 9 heteroatoms. The normalized spacial score (nSPS) is 25.1. The highest BCUT2D eigenvalue weighted by molar-refractivity contribution is 8.15. The lowest BCUT2D eigenvalue weighted by molar-refractivity contribution is -0.116. The molecule has 0 unspecified atom stereocenters. The molecule has 3 rings (SSSR count). The van der Waals surface area contributed by atoms with Crippen LogP contribution in [0.1, 0.15) is 12.0 Å². The van der Waals surface area contributed by atoms with Crippen molar-refractivity contribution in [1.29, 1.82) is 5.26 Å². The maximum Gasteiger partial charge on any atom is 0.262 e. The summed E-state index contributed by atoms with van der Waals surface area (Å²) in [7, 11) is -1.45. The number of sulfone groups is 1. The summed E-state index contributed by atoms with van der Waals surface area (Å²) >= 11 is 1.33. The van der Waals surface area contributed by atoms with Crippen LogP contribution in [0.2, 0.25) is 0 Å². The molecular weight excluding hydrogens is 374 g/mol. The average Bonchev–Trinajstić information content (AvgIpc) is 3.05. The van der Waals surface area contributed by atoms with Crippen LogP contribution < -0.4 is 4.74 Å². The molecule has 0 aliphatic carbocycles. The minimum absolute atomic E-state index is 0.0821. The van der Waals surface area contributed by atoms with Gasteiger partial charge in [0.15, 0.2) is 15.0 Å². The quantitative estimate of drug-likeness (QED) is 0.742. The fourth-order valence-electron chi connectivity index (χ4n) is 3.15. The van der Waals surface area contributed by atoms with Crippen LogP contribution in [0.3, 0.4) is 0 Å². The third kappa shape index (κ3) is 4.19. The summed E-state index contributed by atoms with van der Waals surface area (Å²) in [5.74, 6) is 0.468. The fraction of sp³-hybridized carbons (Fsp3) is 0.471. The second-order valence-corrected chi connectivity index (χ2v) is 9.58.